The van der Waals surface area contributed by atoms with Gasteiger partial charge in [-0.3, -0.25) is 9.59 Å². The van der Waals surface area contributed by atoms with Crippen LogP contribution in [0.5, 0.6) is 0 Å². The van der Waals surface area contributed by atoms with Crippen molar-refractivity contribution in [2.24, 2.45) is 5.92 Å². The molecule has 2 aliphatic rings. The van der Waals surface area contributed by atoms with E-state index < -0.39 is 5.60 Å². The summed E-state index contributed by atoms with van der Waals surface area (Å²) in [4.78, 5) is 39.6. The number of ether oxygens (including phenoxy) is 1. The Balaban J connectivity index is 1.92. The minimum atomic E-state index is -0.495. The van der Waals surface area contributed by atoms with Crippen molar-refractivity contribution in [1.82, 2.24) is 9.80 Å². The molecule has 1 heterocycles. The molecule has 24 heavy (non-hydrogen) atoms. The van der Waals surface area contributed by atoms with Crippen molar-refractivity contribution >= 4 is 17.8 Å². The van der Waals surface area contributed by atoms with Crippen LogP contribution < -0.4 is 0 Å². The summed E-state index contributed by atoms with van der Waals surface area (Å²) >= 11 is 0. The molecule has 6 heteroatoms. The molecule has 0 aromatic rings. The highest BCUT2D eigenvalue weighted by atomic mass is 16.6. The van der Waals surface area contributed by atoms with Crippen molar-refractivity contribution in [3.05, 3.63) is 0 Å². The van der Waals surface area contributed by atoms with Crippen molar-refractivity contribution in [1.29, 1.82) is 0 Å². The van der Waals surface area contributed by atoms with E-state index in [1.54, 1.807) is 4.90 Å². The van der Waals surface area contributed by atoms with Crippen molar-refractivity contribution in [2.75, 3.05) is 19.6 Å². The van der Waals surface area contributed by atoms with E-state index in [-0.39, 0.29) is 29.7 Å². The van der Waals surface area contributed by atoms with Gasteiger partial charge in [0.2, 0.25) is 5.91 Å². The first-order valence-corrected chi connectivity index (χ1v) is 9.01. The number of rotatable bonds is 3. The molecule has 0 N–H and O–H groups in total. The third-order valence-corrected chi connectivity index (χ3v) is 4.71. The molecular formula is C18H30N2O4. The number of hydrogen-bond acceptors (Lipinski definition) is 4. The maximum atomic E-state index is 12.6. The van der Waals surface area contributed by atoms with Gasteiger partial charge in [-0.15, -0.1) is 0 Å². The van der Waals surface area contributed by atoms with E-state index in [0.717, 1.165) is 19.3 Å². The summed E-state index contributed by atoms with van der Waals surface area (Å²) < 4.78 is 5.45. The third kappa shape index (κ3) is 4.71. The van der Waals surface area contributed by atoms with Gasteiger partial charge in [0.15, 0.2) is 0 Å². The van der Waals surface area contributed by atoms with Gasteiger partial charge in [-0.2, -0.15) is 0 Å². The molecule has 1 atom stereocenters. The van der Waals surface area contributed by atoms with Crippen molar-refractivity contribution in [3.8, 4) is 0 Å². The topological polar surface area (TPSA) is 66.9 Å². The van der Waals surface area contributed by atoms with Crippen LogP contribution in [0.4, 0.5) is 4.79 Å². The zero-order valence-corrected chi connectivity index (χ0v) is 15.3. The Bertz CT molecular complexity index is 490. The number of Topliss-reactive ketones (excluding diaryl/α,β-unsaturated/α-hetero) is 1. The van der Waals surface area contributed by atoms with Crippen molar-refractivity contribution in [2.45, 2.75) is 71.4 Å². The van der Waals surface area contributed by atoms with Crippen LogP contribution in [0.1, 0.15) is 59.8 Å². The molecule has 1 aliphatic carbocycles. The minimum Gasteiger partial charge on any atom is -0.444 e. The molecule has 1 saturated heterocycles. The van der Waals surface area contributed by atoms with Crippen molar-refractivity contribution in [3.63, 3.8) is 0 Å². The number of carbonyl (C=O) groups excluding carboxylic acids is 3. The Morgan fingerprint density at radius 1 is 1.21 bits per heavy atom. The smallest absolute Gasteiger partial charge is 0.410 e. The molecule has 0 aromatic carbocycles. The maximum Gasteiger partial charge on any atom is 0.410 e. The standard InChI is InChI=1S/C18H30N2O4/c1-5-20(16(22)13-11-15(21)12-13)14-7-6-9-19(10-8-14)17(23)24-18(2,3)4/h13-14H,5-12H2,1-4H3. The van der Waals surface area contributed by atoms with Crippen LogP contribution in [0.15, 0.2) is 0 Å². The molecule has 0 spiro atoms. The van der Waals surface area contributed by atoms with E-state index in [4.69, 9.17) is 4.74 Å². The number of carbonyl (C=O) groups is 3. The lowest BCUT2D eigenvalue weighted by Gasteiger charge is -2.35. The van der Waals surface area contributed by atoms with Crippen LogP contribution in [0, 0.1) is 5.92 Å². The largest absolute Gasteiger partial charge is 0.444 e. The fraction of sp³-hybridized carbons (Fsp3) is 0.833. The molecule has 0 bridgehead atoms. The predicted octanol–water partition coefficient (Wildman–Crippen LogP) is 2.60. The summed E-state index contributed by atoms with van der Waals surface area (Å²) in [6.07, 6.45) is 3.02. The summed E-state index contributed by atoms with van der Waals surface area (Å²) in [5.41, 5.74) is -0.495. The van der Waals surface area contributed by atoms with Crippen LogP contribution in [-0.4, -0.2) is 58.9 Å². The second kappa shape index (κ2) is 7.53. The second-order valence-corrected chi connectivity index (χ2v) is 7.82. The highest BCUT2D eigenvalue weighted by molar-refractivity contribution is 5.96. The summed E-state index contributed by atoms with van der Waals surface area (Å²) in [5, 5.41) is 0. The average molecular weight is 338 g/mol. The molecule has 2 amide bonds. The Hall–Kier alpha value is -1.59. The van der Waals surface area contributed by atoms with Gasteiger partial charge in [-0.25, -0.2) is 4.79 Å². The summed E-state index contributed by atoms with van der Waals surface area (Å²) in [6, 6.07) is 0.144. The molecule has 6 nitrogen and oxygen atoms in total. The van der Waals surface area contributed by atoms with Gasteiger partial charge < -0.3 is 14.5 Å². The highest BCUT2D eigenvalue weighted by Gasteiger charge is 2.37. The molecule has 2 fully saturated rings. The lowest BCUT2D eigenvalue weighted by atomic mass is 9.82. The normalized spacial score (nSPS) is 22.6. The van der Waals surface area contributed by atoms with Gasteiger partial charge in [0.1, 0.15) is 11.4 Å². The molecular weight excluding hydrogens is 308 g/mol. The first kappa shape index (κ1) is 18.7. The molecule has 0 radical (unpaired) electrons. The Morgan fingerprint density at radius 2 is 1.88 bits per heavy atom. The van der Waals surface area contributed by atoms with E-state index in [1.165, 1.54) is 0 Å². The number of likely N-dealkylation sites (tertiary alicyclic amines) is 1. The van der Waals surface area contributed by atoms with E-state index in [2.05, 4.69) is 0 Å². The first-order chi connectivity index (χ1) is 11.2. The molecule has 1 unspecified atom stereocenters. The van der Waals surface area contributed by atoms with Crippen LogP contribution >= 0.6 is 0 Å². The zero-order chi connectivity index (χ0) is 17.9. The first-order valence-electron chi connectivity index (χ1n) is 9.01. The van der Waals surface area contributed by atoms with Crippen LogP contribution in [-0.2, 0) is 14.3 Å². The van der Waals surface area contributed by atoms with E-state index >= 15 is 0 Å². The highest BCUT2D eigenvalue weighted by Crippen LogP contribution is 2.28. The van der Waals surface area contributed by atoms with Gasteiger partial charge >= 0.3 is 6.09 Å². The van der Waals surface area contributed by atoms with E-state index in [0.29, 0.717) is 32.5 Å². The summed E-state index contributed by atoms with van der Waals surface area (Å²) in [6.45, 7) is 9.50. The molecule has 2 rings (SSSR count). The number of nitrogens with zero attached hydrogens (tertiary/aromatic N) is 2. The average Bonchev–Trinajstić information content (AvgIpc) is 2.69. The molecule has 1 saturated carbocycles. The molecule has 136 valence electrons. The van der Waals surface area contributed by atoms with Gasteiger partial charge in [-0.05, 0) is 47.0 Å². The summed E-state index contributed by atoms with van der Waals surface area (Å²) in [5.74, 6) is 0.164. The SMILES string of the molecule is CCN(C(=O)C1CC(=O)C1)C1CCCN(C(=O)OC(C)(C)C)CC1. The third-order valence-electron chi connectivity index (χ3n) is 4.71. The number of amides is 2. The molecule has 0 aromatic heterocycles. The van der Waals surface area contributed by atoms with E-state index in [1.807, 2.05) is 32.6 Å². The lowest BCUT2D eigenvalue weighted by Crippen LogP contribution is -2.47. The van der Waals surface area contributed by atoms with Crippen LogP contribution in [0.25, 0.3) is 0 Å². The Kier molecular flexibility index (Phi) is 5.88. The van der Waals surface area contributed by atoms with E-state index in [9.17, 15) is 14.4 Å². The second-order valence-electron chi connectivity index (χ2n) is 7.82. The van der Waals surface area contributed by atoms with Gasteiger partial charge in [0.05, 0.1) is 5.92 Å². The fourth-order valence-electron chi connectivity index (χ4n) is 3.39. The van der Waals surface area contributed by atoms with Crippen LogP contribution in [0.2, 0.25) is 0 Å². The monoisotopic (exact) mass is 338 g/mol. The van der Waals surface area contributed by atoms with Crippen LogP contribution in [0.3, 0.4) is 0 Å². The van der Waals surface area contributed by atoms with Crippen molar-refractivity contribution < 1.29 is 19.1 Å². The minimum absolute atomic E-state index is 0.104. The fourth-order valence-corrected chi connectivity index (χ4v) is 3.39. The Morgan fingerprint density at radius 3 is 2.42 bits per heavy atom. The number of hydrogen-bond donors (Lipinski definition) is 0. The lowest BCUT2D eigenvalue weighted by molar-refractivity contribution is -0.146. The molecule has 1 aliphatic heterocycles. The quantitative estimate of drug-likeness (QED) is 0.793. The number of ketones is 1. The van der Waals surface area contributed by atoms with Gasteiger partial charge in [0.25, 0.3) is 0 Å². The maximum absolute atomic E-state index is 12.6. The zero-order valence-electron chi connectivity index (χ0n) is 15.3. The van der Waals surface area contributed by atoms with Gasteiger partial charge in [0, 0.05) is 38.5 Å². The summed E-state index contributed by atoms with van der Waals surface area (Å²) in [7, 11) is 0. The Labute approximate surface area is 144 Å². The van der Waals surface area contributed by atoms with Gasteiger partial charge in [-0.1, -0.05) is 0 Å². The predicted molar refractivity (Wildman–Crippen MR) is 90.6 cm³/mol.